The van der Waals surface area contributed by atoms with Crippen LogP contribution in [0.25, 0.3) is 0 Å². The fraction of sp³-hybridized carbons (Fsp3) is 0.393. The van der Waals surface area contributed by atoms with Gasteiger partial charge < -0.3 is 10.1 Å². The first-order chi connectivity index (χ1) is 18.2. The summed E-state index contributed by atoms with van der Waals surface area (Å²) in [6.45, 7) is 4.54. The minimum atomic E-state index is -0.621. The summed E-state index contributed by atoms with van der Waals surface area (Å²) in [6.07, 6.45) is 7.52. The molecule has 1 N–H and O–H groups in total. The summed E-state index contributed by atoms with van der Waals surface area (Å²) in [6, 6.07) is 9.97. The zero-order valence-electron chi connectivity index (χ0n) is 21.9. The highest BCUT2D eigenvalue weighted by Gasteiger charge is 2.39. The molecule has 0 saturated carbocycles. The van der Waals surface area contributed by atoms with Crippen molar-refractivity contribution in [3.63, 3.8) is 0 Å². The first kappa shape index (κ1) is 27.4. The Morgan fingerprint density at radius 1 is 1.24 bits per heavy atom. The molecule has 200 valence electrons. The van der Waals surface area contributed by atoms with E-state index in [1.807, 2.05) is 26.0 Å². The van der Waals surface area contributed by atoms with Crippen LogP contribution in [0.15, 0.2) is 53.0 Å². The second-order valence-corrected chi connectivity index (χ2v) is 10.7. The summed E-state index contributed by atoms with van der Waals surface area (Å²) in [5, 5.41) is 13.8. The van der Waals surface area contributed by atoms with E-state index >= 15 is 0 Å². The number of methoxy groups -OCH3 is 1. The third-order valence-electron chi connectivity index (χ3n) is 6.67. The molecular formula is C28H32N4O5S. The van der Waals surface area contributed by atoms with Crippen molar-refractivity contribution in [1.29, 1.82) is 0 Å². The second-order valence-electron chi connectivity index (χ2n) is 9.53. The van der Waals surface area contributed by atoms with E-state index < -0.39 is 10.2 Å². The number of ether oxygens (including phenoxy) is 1. The minimum Gasteiger partial charge on any atom is -0.494 e. The molecule has 10 heteroatoms. The highest BCUT2D eigenvalue weighted by Crippen LogP contribution is 2.35. The van der Waals surface area contributed by atoms with Crippen molar-refractivity contribution in [3.05, 3.63) is 69.3 Å². The van der Waals surface area contributed by atoms with Gasteiger partial charge in [-0.1, -0.05) is 41.1 Å². The van der Waals surface area contributed by atoms with Crippen LogP contribution in [0.4, 0.5) is 17.1 Å². The molecule has 0 spiro atoms. The number of hydrogen-bond donors (Lipinski definition) is 1. The Hall–Kier alpha value is -3.66. The molecule has 2 amide bonds. The number of aryl methyl sites for hydroxylation is 2. The monoisotopic (exact) mass is 536 g/mol. The number of carbonyl (C=O) groups excluding carboxylic acids is 2. The third kappa shape index (κ3) is 6.61. The number of allylic oxidation sites excluding steroid dienone is 1. The van der Waals surface area contributed by atoms with Crippen molar-refractivity contribution in [3.8, 4) is 5.75 Å². The highest BCUT2D eigenvalue weighted by molar-refractivity contribution is 8.15. The number of benzene rings is 2. The number of nitro benzene ring substituents is 1. The maximum Gasteiger partial charge on any atom is 0.273 e. The number of amides is 2. The summed E-state index contributed by atoms with van der Waals surface area (Å²) >= 11 is 1.30. The Labute approximate surface area is 226 Å². The van der Waals surface area contributed by atoms with E-state index in [4.69, 9.17) is 9.73 Å². The van der Waals surface area contributed by atoms with Crippen LogP contribution in [0.2, 0.25) is 0 Å². The first-order valence-corrected chi connectivity index (χ1v) is 13.6. The van der Waals surface area contributed by atoms with Crippen LogP contribution >= 0.6 is 11.8 Å². The third-order valence-corrected chi connectivity index (χ3v) is 7.85. The van der Waals surface area contributed by atoms with Gasteiger partial charge in [0, 0.05) is 19.0 Å². The summed E-state index contributed by atoms with van der Waals surface area (Å²) in [4.78, 5) is 43.5. The van der Waals surface area contributed by atoms with Crippen LogP contribution in [0.5, 0.6) is 5.75 Å². The lowest BCUT2D eigenvalue weighted by Gasteiger charge is -2.19. The number of rotatable bonds is 9. The van der Waals surface area contributed by atoms with Crippen molar-refractivity contribution >= 4 is 45.8 Å². The summed E-state index contributed by atoms with van der Waals surface area (Å²) in [5.74, 6) is -0.344. The molecule has 0 radical (unpaired) electrons. The van der Waals surface area contributed by atoms with Gasteiger partial charge in [-0.15, -0.1) is 0 Å². The quantitative estimate of drug-likeness (QED) is 0.236. The number of nitro groups is 1. The molecule has 1 aliphatic carbocycles. The molecule has 9 nitrogen and oxygen atoms in total. The normalized spacial score (nSPS) is 18.4. The molecule has 2 aliphatic rings. The molecule has 38 heavy (non-hydrogen) atoms. The van der Waals surface area contributed by atoms with E-state index in [9.17, 15) is 19.7 Å². The molecule has 1 aliphatic heterocycles. The molecule has 2 aromatic rings. The smallest absolute Gasteiger partial charge is 0.273 e. The average Bonchev–Trinajstić information content (AvgIpc) is 3.18. The summed E-state index contributed by atoms with van der Waals surface area (Å²) in [5.41, 5.74) is 4.49. The first-order valence-electron chi connectivity index (χ1n) is 12.7. The van der Waals surface area contributed by atoms with Crippen molar-refractivity contribution < 1.29 is 19.2 Å². The molecule has 1 atom stereocenters. The second kappa shape index (κ2) is 12.3. The van der Waals surface area contributed by atoms with Gasteiger partial charge in [-0.2, -0.15) is 0 Å². The van der Waals surface area contributed by atoms with Crippen molar-refractivity contribution in [2.24, 2.45) is 4.99 Å². The minimum absolute atomic E-state index is 0.0608. The van der Waals surface area contributed by atoms with Gasteiger partial charge in [0.2, 0.25) is 11.8 Å². The molecule has 4 rings (SSSR count). The summed E-state index contributed by atoms with van der Waals surface area (Å²) < 4.78 is 5.21. The van der Waals surface area contributed by atoms with Gasteiger partial charge in [-0.25, -0.2) is 4.99 Å². The van der Waals surface area contributed by atoms with Gasteiger partial charge in [0.1, 0.15) is 11.0 Å². The van der Waals surface area contributed by atoms with Crippen molar-refractivity contribution in [2.45, 2.75) is 57.6 Å². The van der Waals surface area contributed by atoms with Crippen LogP contribution in [0.3, 0.4) is 0 Å². The molecule has 1 heterocycles. The van der Waals surface area contributed by atoms with E-state index in [0.717, 1.165) is 36.1 Å². The fourth-order valence-electron chi connectivity index (χ4n) is 4.62. The number of anilines is 1. The van der Waals surface area contributed by atoms with Crippen molar-refractivity contribution in [2.75, 3.05) is 19.0 Å². The van der Waals surface area contributed by atoms with Gasteiger partial charge in [-0.05, 0) is 63.6 Å². The topological polar surface area (TPSA) is 114 Å². The number of non-ortho nitro benzene ring substituents is 1. The maximum absolute atomic E-state index is 13.5. The highest BCUT2D eigenvalue weighted by atomic mass is 32.2. The Morgan fingerprint density at radius 2 is 2.05 bits per heavy atom. The predicted octanol–water partition coefficient (Wildman–Crippen LogP) is 6.07. The molecule has 2 aromatic carbocycles. The number of nitrogens with one attached hydrogen (secondary N) is 1. The van der Waals surface area contributed by atoms with Crippen LogP contribution < -0.4 is 10.1 Å². The largest absolute Gasteiger partial charge is 0.494 e. The Bertz CT molecular complexity index is 1310. The van der Waals surface area contributed by atoms with E-state index in [1.54, 1.807) is 4.90 Å². The van der Waals surface area contributed by atoms with Crippen LogP contribution in [0, 0.1) is 24.0 Å². The zero-order chi connectivity index (χ0) is 27.2. The molecule has 1 saturated heterocycles. The number of hydrogen-bond acceptors (Lipinski definition) is 7. The molecule has 0 unspecified atom stereocenters. The van der Waals surface area contributed by atoms with Gasteiger partial charge in [0.15, 0.2) is 5.17 Å². The lowest BCUT2D eigenvalue weighted by atomic mass is 9.97. The van der Waals surface area contributed by atoms with Crippen LogP contribution in [-0.4, -0.2) is 45.7 Å². The molecule has 0 aromatic heterocycles. The van der Waals surface area contributed by atoms with E-state index in [1.165, 1.54) is 55.5 Å². The Balaban J connectivity index is 1.52. The standard InChI is InChI=1S/C28H32N4O5S/c1-18-9-11-22(19(2)15-18)30-28-31(14-13-20-7-5-4-6-8-20)27(34)25(38-28)17-26(33)29-23-12-10-21(32(35)36)16-24(23)37-3/h7,9-12,15-16,25H,4-6,8,13-14,17H2,1-3H3,(H,29,33)/t25-/m1/s1. The molecule has 1 fully saturated rings. The Morgan fingerprint density at radius 3 is 2.74 bits per heavy atom. The molecular weight excluding hydrogens is 504 g/mol. The summed E-state index contributed by atoms with van der Waals surface area (Å²) in [7, 11) is 1.38. The van der Waals surface area contributed by atoms with Gasteiger partial charge in [-0.3, -0.25) is 24.6 Å². The van der Waals surface area contributed by atoms with Crippen LogP contribution in [0.1, 0.15) is 49.7 Å². The number of thioether (sulfide) groups is 1. The SMILES string of the molecule is COc1cc([N+](=O)[O-])ccc1NC(=O)C[C@H]1SC(=Nc2ccc(C)cc2C)N(CCC2=CCCCC2)C1=O. The Kier molecular flexibility index (Phi) is 8.83. The molecule has 0 bridgehead atoms. The van der Waals surface area contributed by atoms with Crippen molar-refractivity contribution in [1.82, 2.24) is 4.90 Å². The van der Waals surface area contributed by atoms with Gasteiger partial charge >= 0.3 is 0 Å². The number of nitrogens with zero attached hydrogens (tertiary/aromatic N) is 3. The number of carbonyl (C=O) groups is 2. The van der Waals surface area contributed by atoms with Gasteiger partial charge in [0.25, 0.3) is 5.69 Å². The van der Waals surface area contributed by atoms with E-state index in [-0.39, 0.29) is 29.7 Å². The number of aliphatic imine (C=N–C) groups is 1. The number of amidine groups is 1. The lowest BCUT2D eigenvalue weighted by molar-refractivity contribution is -0.384. The predicted molar refractivity (Wildman–Crippen MR) is 150 cm³/mol. The van der Waals surface area contributed by atoms with Crippen LogP contribution in [-0.2, 0) is 9.59 Å². The average molecular weight is 537 g/mol. The fourth-order valence-corrected chi connectivity index (χ4v) is 5.80. The van der Waals surface area contributed by atoms with E-state index in [2.05, 4.69) is 17.5 Å². The maximum atomic E-state index is 13.5. The zero-order valence-corrected chi connectivity index (χ0v) is 22.7. The lowest BCUT2D eigenvalue weighted by Crippen LogP contribution is -2.34. The van der Waals surface area contributed by atoms with E-state index in [0.29, 0.717) is 17.4 Å². The van der Waals surface area contributed by atoms with Gasteiger partial charge in [0.05, 0.1) is 29.5 Å².